The summed E-state index contributed by atoms with van der Waals surface area (Å²) in [5, 5.41) is 17.7. The zero-order valence-corrected chi connectivity index (χ0v) is 13.6. The summed E-state index contributed by atoms with van der Waals surface area (Å²) < 4.78 is 14.4. The van der Waals surface area contributed by atoms with Gasteiger partial charge in [-0.05, 0) is 37.2 Å². The number of rotatable bonds is 3. The van der Waals surface area contributed by atoms with Crippen molar-refractivity contribution in [1.82, 2.24) is 20.2 Å². The molecule has 4 N–H and O–H groups in total. The number of H-pyrrole nitrogens is 1. The third-order valence-electron chi connectivity index (χ3n) is 4.71. The first kappa shape index (κ1) is 15.9. The van der Waals surface area contributed by atoms with Gasteiger partial charge in [0.05, 0.1) is 6.10 Å². The summed E-state index contributed by atoms with van der Waals surface area (Å²) in [4.78, 5) is 10.7. The summed E-state index contributed by atoms with van der Waals surface area (Å²) in [7, 11) is 0. The maximum atomic E-state index is 14.4. The Bertz CT molecular complexity index is 898. The van der Waals surface area contributed by atoms with E-state index in [1.807, 2.05) is 11.0 Å². The molecule has 0 radical (unpaired) electrons. The third kappa shape index (κ3) is 2.83. The minimum atomic E-state index is -0.437. The predicted octanol–water partition coefficient (Wildman–Crippen LogP) is 1.30. The molecule has 4 heterocycles. The van der Waals surface area contributed by atoms with Crippen molar-refractivity contribution in [2.75, 3.05) is 24.5 Å². The van der Waals surface area contributed by atoms with Gasteiger partial charge < -0.3 is 15.7 Å². The van der Waals surface area contributed by atoms with Gasteiger partial charge in [0.2, 0.25) is 0 Å². The zero-order valence-electron chi connectivity index (χ0n) is 13.6. The van der Waals surface area contributed by atoms with Gasteiger partial charge in [0, 0.05) is 30.6 Å². The molecule has 2 atom stereocenters. The fourth-order valence-electron chi connectivity index (χ4n) is 3.27. The number of hydrogen-bond donors (Lipinski definition) is 3. The molecule has 1 saturated heterocycles. The maximum absolute atomic E-state index is 14.4. The summed E-state index contributed by atoms with van der Waals surface area (Å²) in [5.41, 5.74) is 6.96. The van der Waals surface area contributed by atoms with Gasteiger partial charge in [0.1, 0.15) is 17.2 Å². The van der Waals surface area contributed by atoms with E-state index in [9.17, 15) is 9.50 Å². The SMILES string of the molecule is NCC1CN(c2ccc(F)c(-c3n[nH]c4ncccc34)n2)CCC1O. The van der Waals surface area contributed by atoms with Crippen molar-refractivity contribution in [2.24, 2.45) is 11.7 Å². The van der Waals surface area contributed by atoms with Gasteiger partial charge in [-0.3, -0.25) is 5.10 Å². The van der Waals surface area contributed by atoms with Gasteiger partial charge in [0.15, 0.2) is 11.5 Å². The topological polar surface area (TPSA) is 104 Å². The zero-order chi connectivity index (χ0) is 17.4. The minimum absolute atomic E-state index is 0.0144. The summed E-state index contributed by atoms with van der Waals surface area (Å²) in [6, 6.07) is 6.66. The number of piperidine rings is 1. The smallest absolute Gasteiger partial charge is 0.155 e. The van der Waals surface area contributed by atoms with Gasteiger partial charge in [-0.2, -0.15) is 5.10 Å². The summed E-state index contributed by atoms with van der Waals surface area (Å²) >= 11 is 0. The van der Waals surface area contributed by atoms with E-state index in [1.165, 1.54) is 6.07 Å². The molecule has 3 aromatic rings. The van der Waals surface area contributed by atoms with Gasteiger partial charge in [0.25, 0.3) is 0 Å². The fourth-order valence-corrected chi connectivity index (χ4v) is 3.27. The molecule has 0 bridgehead atoms. The number of aromatic amines is 1. The van der Waals surface area contributed by atoms with Crippen molar-refractivity contribution in [3.8, 4) is 11.4 Å². The van der Waals surface area contributed by atoms with E-state index in [0.29, 0.717) is 43.2 Å². The van der Waals surface area contributed by atoms with E-state index in [4.69, 9.17) is 5.73 Å². The van der Waals surface area contributed by atoms with Gasteiger partial charge in [-0.1, -0.05) is 0 Å². The van der Waals surface area contributed by atoms with Gasteiger partial charge in [-0.15, -0.1) is 0 Å². The molecule has 1 aliphatic heterocycles. The van der Waals surface area contributed by atoms with Crippen LogP contribution in [0, 0.1) is 11.7 Å². The lowest BCUT2D eigenvalue weighted by atomic mass is 9.95. The number of hydrogen-bond acceptors (Lipinski definition) is 6. The molecule has 7 nitrogen and oxygen atoms in total. The number of halogens is 1. The minimum Gasteiger partial charge on any atom is -0.393 e. The molecule has 25 heavy (non-hydrogen) atoms. The lowest BCUT2D eigenvalue weighted by molar-refractivity contribution is 0.0919. The highest BCUT2D eigenvalue weighted by atomic mass is 19.1. The summed E-state index contributed by atoms with van der Waals surface area (Å²) in [6.07, 6.45) is 1.87. The van der Waals surface area contributed by atoms with Crippen LogP contribution in [0.1, 0.15) is 6.42 Å². The van der Waals surface area contributed by atoms with Gasteiger partial charge in [-0.25, -0.2) is 14.4 Å². The van der Waals surface area contributed by atoms with Crippen LogP contribution < -0.4 is 10.6 Å². The molecule has 0 saturated carbocycles. The summed E-state index contributed by atoms with van der Waals surface area (Å²) in [6.45, 7) is 1.65. The molecule has 0 aliphatic carbocycles. The highest BCUT2D eigenvalue weighted by Crippen LogP contribution is 2.29. The fraction of sp³-hybridized carbons (Fsp3) is 0.353. The Labute approximate surface area is 143 Å². The normalized spacial score (nSPS) is 21.0. The first-order chi connectivity index (χ1) is 12.2. The molecular weight excluding hydrogens is 323 g/mol. The second-order valence-electron chi connectivity index (χ2n) is 6.27. The molecule has 1 aliphatic rings. The number of anilines is 1. The van der Waals surface area contributed by atoms with E-state index in [0.717, 1.165) is 5.39 Å². The molecule has 4 rings (SSSR count). The van der Waals surface area contributed by atoms with Crippen LogP contribution in [-0.2, 0) is 0 Å². The van der Waals surface area contributed by atoms with E-state index in [2.05, 4.69) is 20.2 Å². The number of pyridine rings is 2. The number of aliphatic hydroxyl groups is 1. The predicted molar refractivity (Wildman–Crippen MR) is 92.5 cm³/mol. The first-order valence-electron chi connectivity index (χ1n) is 8.26. The highest BCUT2D eigenvalue weighted by molar-refractivity contribution is 5.89. The van der Waals surface area contributed by atoms with E-state index in [-0.39, 0.29) is 11.6 Å². The number of nitrogens with zero attached hydrogens (tertiary/aromatic N) is 4. The van der Waals surface area contributed by atoms with Crippen molar-refractivity contribution >= 4 is 16.9 Å². The van der Waals surface area contributed by atoms with Crippen molar-refractivity contribution < 1.29 is 9.50 Å². The number of aromatic nitrogens is 4. The maximum Gasteiger partial charge on any atom is 0.155 e. The Balaban J connectivity index is 1.72. The Hall–Kier alpha value is -2.58. The first-order valence-corrected chi connectivity index (χ1v) is 8.26. The number of nitrogens with two attached hydrogens (primary N) is 1. The van der Waals surface area contributed by atoms with Crippen LogP contribution in [-0.4, -0.2) is 51.0 Å². The van der Waals surface area contributed by atoms with Crippen LogP contribution in [0.5, 0.6) is 0 Å². The van der Waals surface area contributed by atoms with Crippen LogP contribution >= 0.6 is 0 Å². The van der Waals surface area contributed by atoms with Crippen molar-refractivity contribution in [3.05, 3.63) is 36.3 Å². The Morgan fingerprint density at radius 2 is 2.20 bits per heavy atom. The van der Waals surface area contributed by atoms with E-state index >= 15 is 0 Å². The van der Waals surface area contributed by atoms with Crippen LogP contribution in [0.3, 0.4) is 0 Å². The number of aliphatic hydroxyl groups excluding tert-OH is 1. The lowest BCUT2D eigenvalue weighted by Gasteiger charge is -2.36. The Morgan fingerprint density at radius 1 is 1.32 bits per heavy atom. The van der Waals surface area contributed by atoms with Gasteiger partial charge >= 0.3 is 0 Å². The summed E-state index contributed by atoms with van der Waals surface area (Å²) in [5.74, 6) is 0.203. The second kappa shape index (κ2) is 6.38. The average molecular weight is 342 g/mol. The van der Waals surface area contributed by atoms with Crippen LogP contribution in [0.25, 0.3) is 22.4 Å². The second-order valence-corrected chi connectivity index (χ2v) is 6.27. The molecular formula is C17H19FN6O. The monoisotopic (exact) mass is 342 g/mol. The van der Waals surface area contributed by atoms with Crippen LogP contribution in [0.2, 0.25) is 0 Å². The molecule has 0 amide bonds. The standard InChI is InChI=1S/C17H19FN6O/c18-12-3-4-14(24-7-5-13(25)10(8-19)9-24)21-16(12)15-11-2-1-6-20-17(11)23-22-15/h1-4,6,10,13,25H,5,7-9,19H2,(H,20,22,23). The molecule has 3 aromatic heterocycles. The Morgan fingerprint density at radius 3 is 3.04 bits per heavy atom. The van der Waals surface area contributed by atoms with E-state index < -0.39 is 11.9 Å². The van der Waals surface area contributed by atoms with Crippen LogP contribution in [0.4, 0.5) is 10.2 Å². The van der Waals surface area contributed by atoms with Crippen molar-refractivity contribution in [3.63, 3.8) is 0 Å². The largest absolute Gasteiger partial charge is 0.393 e. The highest BCUT2D eigenvalue weighted by Gasteiger charge is 2.28. The lowest BCUT2D eigenvalue weighted by Crippen LogP contribution is -2.46. The van der Waals surface area contributed by atoms with Crippen molar-refractivity contribution in [1.29, 1.82) is 0 Å². The molecule has 1 fully saturated rings. The van der Waals surface area contributed by atoms with Crippen molar-refractivity contribution in [2.45, 2.75) is 12.5 Å². The number of nitrogens with one attached hydrogen (secondary N) is 1. The average Bonchev–Trinajstić information content (AvgIpc) is 3.07. The molecule has 0 spiro atoms. The van der Waals surface area contributed by atoms with Crippen LogP contribution in [0.15, 0.2) is 30.5 Å². The Kier molecular flexibility index (Phi) is 4.06. The molecule has 0 aromatic carbocycles. The molecule has 2 unspecified atom stereocenters. The third-order valence-corrected chi connectivity index (χ3v) is 4.71. The van der Waals surface area contributed by atoms with E-state index in [1.54, 1.807) is 18.3 Å². The molecule has 130 valence electrons. The number of fused-ring (bicyclic) bond motifs is 1. The molecule has 8 heteroatoms. The quantitative estimate of drug-likeness (QED) is 0.663.